The van der Waals surface area contributed by atoms with Crippen LogP contribution in [0.2, 0.25) is 0 Å². The highest BCUT2D eigenvalue weighted by Crippen LogP contribution is 2.33. The van der Waals surface area contributed by atoms with Crippen LogP contribution in [-0.2, 0) is 6.42 Å². The normalized spacial score (nSPS) is 11.5. The van der Waals surface area contributed by atoms with E-state index < -0.39 is 5.67 Å². The van der Waals surface area contributed by atoms with E-state index in [9.17, 15) is 9.65 Å². The number of halogens is 1. The summed E-state index contributed by atoms with van der Waals surface area (Å²) < 4.78 is 19.7. The summed E-state index contributed by atoms with van der Waals surface area (Å²) in [5.74, 6) is 0.797. The molecule has 0 N–H and O–H groups in total. The van der Waals surface area contributed by atoms with Crippen LogP contribution in [0.1, 0.15) is 25.4 Å². The second-order valence-corrected chi connectivity index (χ2v) is 7.13. The van der Waals surface area contributed by atoms with E-state index in [4.69, 9.17) is 4.42 Å². The van der Waals surface area contributed by atoms with Gasteiger partial charge in [-0.25, -0.2) is 14.4 Å². The molecule has 0 atom stereocenters. The summed E-state index contributed by atoms with van der Waals surface area (Å²) in [5, 5.41) is 10.3. The first kappa shape index (κ1) is 17.8. The van der Waals surface area contributed by atoms with E-state index in [-0.39, 0.29) is 6.42 Å². The molecular weight excluding hydrogens is 355 g/mol. The molecule has 138 valence electrons. The van der Waals surface area contributed by atoms with Gasteiger partial charge in [0.05, 0.1) is 23.8 Å². The molecule has 0 aliphatic rings. The summed E-state index contributed by atoms with van der Waals surface area (Å²) in [6.45, 7) is 2.96. The number of benzene rings is 1. The highest BCUT2D eigenvalue weighted by Gasteiger charge is 2.21. The lowest BCUT2D eigenvalue weighted by Crippen LogP contribution is -2.15. The molecule has 5 nitrogen and oxygen atoms in total. The fourth-order valence-electron chi connectivity index (χ4n) is 3.03. The third-order valence-corrected chi connectivity index (χ3v) is 4.28. The fraction of sp³-hybridized carbons (Fsp3) is 0.182. The van der Waals surface area contributed by atoms with Crippen LogP contribution in [0.3, 0.4) is 0 Å². The molecule has 0 aliphatic heterocycles. The first-order valence-corrected chi connectivity index (χ1v) is 8.83. The number of rotatable bonds is 4. The highest BCUT2D eigenvalue weighted by atomic mass is 19.1. The number of pyridine rings is 2. The Balaban J connectivity index is 1.83. The molecule has 0 unspecified atom stereocenters. The van der Waals surface area contributed by atoms with Gasteiger partial charge in [-0.3, -0.25) is 4.98 Å². The lowest BCUT2D eigenvalue weighted by atomic mass is 10.0. The van der Waals surface area contributed by atoms with E-state index in [0.29, 0.717) is 28.6 Å². The van der Waals surface area contributed by atoms with E-state index in [1.807, 2.05) is 30.3 Å². The number of nitriles is 1. The Morgan fingerprint density at radius 2 is 2.00 bits per heavy atom. The molecule has 0 radical (unpaired) electrons. The predicted octanol–water partition coefficient (Wildman–Crippen LogP) is 5.11. The molecule has 0 aliphatic carbocycles. The molecule has 0 saturated carbocycles. The van der Waals surface area contributed by atoms with Crippen LogP contribution in [0.15, 0.2) is 59.3 Å². The van der Waals surface area contributed by atoms with E-state index >= 15 is 0 Å². The fourth-order valence-corrected chi connectivity index (χ4v) is 3.03. The molecule has 0 amide bonds. The molecule has 0 saturated heterocycles. The zero-order valence-corrected chi connectivity index (χ0v) is 15.5. The van der Waals surface area contributed by atoms with Gasteiger partial charge < -0.3 is 4.42 Å². The lowest BCUT2D eigenvalue weighted by molar-refractivity contribution is 0.202. The Kier molecular flexibility index (Phi) is 4.36. The molecule has 6 heteroatoms. The van der Waals surface area contributed by atoms with Crippen LogP contribution in [0.5, 0.6) is 0 Å². The van der Waals surface area contributed by atoms with Gasteiger partial charge in [-0.1, -0.05) is 18.2 Å². The van der Waals surface area contributed by atoms with Crippen molar-refractivity contribution in [3.05, 3.63) is 66.4 Å². The molecule has 1 aromatic carbocycles. The van der Waals surface area contributed by atoms with Crippen LogP contribution in [0.4, 0.5) is 4.39 Å². The number of aromatic nitrogens is 3. The number of nitrogens with zero attached hydrogens (tertiary/aromatic N) is 4. The zero-order valence-electron chi connectivity index (χ0n) is 15.5. The summed E-state index contributed by atoms with van der Waals surface area (Å²) in [5.41, 5.74) is 1.79. The Labute approximate surface area is 161 Å². The maximum atomic E-state index is 13.9. The monoisotopic (exact) mass is 372 g/mol. The van der Waals surface area contributed by atoms with Crippen LogP contribution < -0.4 is 0 Å². The zero-order chi connectivity index (χ0) is 19.7. The van der Waals surface area contributed by atoms with Crippen molar-refractivity contribution in [3.63, 3.8) is 0 Å². The third-order valence-electron chi connectivity index (χ3n) is 4.28. The Hall–Kier alpha value is -3.59. The van der Waals surface area contributed by atoms with Gasteiger partial charge >= 0.3 is 0 Å². The van der Waals surface area contributed by atoms with Crippen LogP contribution >= 0.6 is 0 Å². The Bertz CT molecular complexity index is 1200. The largest absolute Gasteiger partial charge is 0.441 e. The van der Waals surface area contributed by atoms with Gasteiger partial charge in [-0.15, -0.1) is 0 Å². The lowest BCUT2D eigenvalue weighted by Gasteiger charge is -2.10. The minimum absolute atomic E-state index is 0.0753. The van der Waals surface area contributed by atoms with Gasteiger partial charge in [-0.2, -0.15) is 5.26 Å². The maximum absolute atomic E-state index is 13.9. The molecule has 0 fully saturated rings. The Morgan fingerprint density at radius 3 is 2.79 bits per heavy atom. The Morgan fingerprint density at radius 1 is 1.14 bits per heavy atom. The average molecular weight is 372 g/mol. The second kappa shape index (κ2) is 6.86. The molecule has 4 aromatic rings. The second-order valence-electron chi connectivity index (χ2n) is 7.13. The number of oxazole rings is 1. The van der Waals surface area contributed by atoms with Crippen LogP contribution in [0, 0.1) is 11.3 Å². The molecule has 0 spiro atoms. The number of hydrogen-bond acceptors (Lipinski definition) is 5. The minimum Gasteiger partial charge on any atom is -0.441 e. The van der Waals surface area contributed by atoms with Crippen molar-refractivity contribution in [1.29, 1.82) is 5.26 Å². The van der Waals surface area contributed by atoms with Gasteiger partial charge in [0, 0.05) is 22.7 Å². The van der Waals surface area contributed by atoms with Crippen molar-refractivity contribution >= 4 is 10.9 Å². The van der Waals surface area contributed by atoms with Crippen molar-refractivity contribution < 1.29 is 8.81 Å². The molecule has 3 heterocycles. The molecule has 28 heavy (non-hydrogen) atoms. The number of fused-ring (bicyclic) bond motifs is 1. The van der Waals surface area contributed by atoms with Gasteiger partial charge in [0.2, 0.25) is 0 Å². The smallest absolute Gasteiger partial charge is 0.198 e. The van der Waals surface area contributed by atoms with E-state index in [1.54, 1.807) is 24.5 Å². The summed E-state index contributed by atoms with van der Waals surface area (Å²) in [7, 11) is 0. The standard InChI is InChI=1S/C22H17FN4O/c1-22(2,23)11-20-26-13-19(28-20)17-8-7-16(12-24)27-21(17)15-6-5-14-4-3-9-25-18(14)10-15/h3-10,13H,11H2,1-2H3. The van der Waals surface area contributed by atoms with Crippen LogP contribution in [-0.4, -0.2) is 20.6 Å². The predicted molar refractivity (Wildman–Crippen MR) is 104 cm³/mol. The highest BCUT2D eigenvalue weighted by molar-refractivity contribution is 5.87. The van der Waals surface area contributed by atoms with Crippen molar-refractivity contribution in [3.8, 4) is 28.7 Å². The third kappa shape index (κ3) is 3.60. The first-order valence-electron chi connectivity index (χ1n) is 8.83. The summed E-state index contributed by atoms with van der Waals surface area (Å²) in [6, 6.07) is 15.1. The summed E-state index contributed by atoms with van der Waals surface area (Å²) in [6.07, 6.45) is 3.37. The van der Waals surface area contributed by atoms with E-state index in [1.165, 1.54) is 13.8 Å². The topological polar surface area (TPSA) is 75.6 Å². The van der Waals surface area contributed by atoms with Gasteiger partial charge in [0.1, 0.15) is 17.4 Å². The summed E-state index contributed by atoms with van der Waals surface area (Å²) in [4.78, 5) is 13.1. The van der Waals surface area contributed by atoms with Crippen molar-refractivity contribution in [2.24, 2.45) is 0 Å². The van der Waals surface area contributed by atoms with Gasteiger partial charge in [0.15, 0.2) is 11.7 Å². The van der Waals surface area contributed by atoms with Gasteiger partial charge in [-0.05, 0) is 38.1 Å². The van der Waals surface area contributed by atoms with Crippen molar-refractivity contribution in [1.82, 2.24) is 15.0 Å². The average Bonchev–Trinajstić information content (AvgIpc) is 3.13. The van der Waals surface area contributed by atoms with Crippen molar-refractivity contribution in [2.75, 3.05) is 0 Å². The number of alkyl halides is 1. The quantitative estimate of drug-likeness (QED) is 0.497. The van der Waals surface area contributed by atoms with E-state index in [0.717, 1.165) is 16.5 Å². The van der Waals surface area contributed by atoms with Crippen molar-refractivity contribution in [2.45, 2.75) is 25.9 Å². The van der Waals surface area contributed by atoms with E-state index in [2.05, 4.69) is 21.0 Å². The first-order chi connectivity index (χ1) is 13.4. The SMILES string of the molecule is CC(C)(F)Cc1ncc(-c2ccc(C#N)nc2-c2ccc3cccnc3c2)o1. The minimum atomic E-state index is -1.42. The molecule has 0 bridgehead atoms. The number of hydrogen-bond donors (Lipinski definition) is 0. The summed E-state index contributed by atoms with van der Waals surface area (Å²) >= 11 is 0. The van der Waals surface area contributed by atoms with Gasteiger partial charge in [0.25, 0.3) is 0 Å². The van der Waals surface area contributed by atoms with Crippen LogP contribution in [0.25, 0.3) is 33.5 Å². The maximum Gasteiger partial charge on any atom is 0.198 e. The molecule has 3 aromatic heterocycles. The molecule has 4 rings (SSSR count). The molecular formula is C22H17FN4O.